The van der Waals surface area contributed by atoms with E-state index in [0.717, 1.165) is 31.7 Å². The molecule has 2 rings (SSSR count). The first kappa shape index (κ1) is 15.7. The largest absolute Gasteiger partial charge is 0.324 e. The van der Waals surface area contributed by atoms with Crippen molar-refractivity contribution in [2.45, 2.75) is 30.6 Å². The molecule has 1 heterocycles. The van der Waals surface area contributed by atoms with E-state index in [0.29, 0.717) is 18.8 Å². The molecule has 1 aliphatic heterocycles. The van der Waals surface area contributed by atoms with Crippen molar-refractivity contribution in [1.29, 1.82) is 0 Å². The van der Waals surface area contributed by atoms with Gasteiger partial charge >= 0.3 is 0 Å². The Morgan fingerprint density at radius 1 is 1.19 bits per heavy atom. The summed E-state index contributed by atoms with van der Waals surface area (Å²) in [7, 11) is -3.90. The molecule has 1 aromatic rings. The number of nitrogen functional groups attached to an aromatic ring is 1. The SMILES string of the molecule is NNc1ccc([N+](=O)[O-])c(S(=O)(=O)N2CCCCCC2)c1. The van der Waals surface area contributed by atoms with Gasteiger partial charge in [-0.3, -0.25) is 16.0 Å². The van der Waals surface area contributed by atoms with Gasteiger partial charge in [0.1, 0.15) is 0 Å². The number of hydrazine groups is 1. The maximum Gasteiger partial charge on any atom is 0.289 e. The lowest BCUT2D eigenvalue weighted by molar-refractivity contribution is -0.387. The van der Waals surface area contributed by atoms with Crippen LogP contribution >= 0.6 is 0 Å². The molecule has 1 saturated heterocycles. The van der Waals surface area contributed by atoms with Crippen LogP contribution in [-0.2, 0) is 10.0 Å². The number of hydrogen-bond acceptors (Lipinski definition) is 6. The molecule has 0 bridgehead atoms. The Morgan fingerprint density at radius 3 is 2.33 bits per heavy atom. The number of benzene rings is 1. The van der Waals surface area contributed by atoms with E-state index in [-0.39, 0.29) is 4.90 Å². The fourth-order valence-electron chi connectivity index (χ4n) is 2.38. The third-order valence-corrected chi connectivity index (χ3v) is 5.43. The number of nitro groups is 1. The molecule has 116 valence electrons. The number of nitrogens with zero attached hydrogens (tertiary/aromatic N) is 2. The Balaban J connectivity index is 2.48. The van der Waals surface area contributed by atoms with Gasteiger partial charge in [0.05, 0.1) is 10.6 Å². The van der Waals surface area contributed by atoms with Crippen LogP contribution in [0.25, 0.3) is 0 Å². The van der Waals surface area contributed by atoms with E-state index in [1.165, 1.54) is 16.4 Å². The van der Waals surface area contributed by atoms with Gasteiger partial charge < -0.3 is 5.43 Å². The number of sulfonamides is 1. The van der Waals surface area contributed by atoms with Crippen LogP contribution in [0, 0.1) is 10.1 Å². The van der Waals surface area contributed by atoms with Crippen molar-refractivity contribution in [3.8, 4) is 0 Å². The number of nitrogens with one attached hydrogen (secondary N) is 1. The Labute approximate surface area is 123 Å². The second-order valence-corrected chi connectivity index (χ2v) is 6.81. The van der Waals surface area contributed by atoms with Gasteiger partial charge in [0.25, 0.3) is 5.69 Å². The van der Waals surface area contributed by atoms with Crippen molar-refractivity contribution < 1.29 is 13.3 Å². The predicted octanol–water partition coefficient (Wildman–Crippen LogP) is 1.45. The highest BCUT2D eigenvalue weighted by atomic mass is 32.2. The van der Waals surface area contributed by atoms with E-state index in [9.17, 15) is 18.5 Å². The van der Waals surface area contributed by atoms with Crippen molar-refractivity contribution >= 4 is 21.4 Å². The molecule has 9 heteroatoms. The molecule has 0 unspecified atom stereocenters. The van der Waals surface area contributed by atoms with Gasteiger partial charge in [0.15, 0.2) is 4.90 Å². The molecule has 0 aromatic heterocycles. The Hall–Kier alpha value is -1.71. The summed E-state index contributed by atoms with van der Waals surface area (Å²) in [6.07, 6.45) is 3.47. The first-order valence-electron chi connectivity index (χ1n) is 6.72. The lowest BCUT2D eigenvalue weighted by Gasteiger charge is -2.20. The molecule has 1 aromatic carbocycles. The average Bonchev–Trinajstić information content (AvgIpc) is 2.76. The summed E-state index contributed by atoms with van der Waals surface area (Å²) in [6.45, 7) is 0.777. The fraction of sp³-hybridized carbons (Fsp3) is 0.500. The van der Waals surface area contributed by atoms with Crippen LogP contribution in [0.5, 0.6) is 0 Å². The highest BCUT2D eigenvalue weighted by Gasteiger charge is 2.32. The van der Waals surface area contributed by atoms with Crippen LogP contribution in [0.2, 0.25) is 0 Å². The highest BCUT2D eigenvalue weighted by molar-refractivity contribution is 7.89. The van der Waals surface area contributed by atoms with Gasteiger partial charge in [-0.25, -0.2) is 8.42 Å². The van der Waals surface area contributed by atoms with Gasteiger partial charge in [0, 0.05) is 19.2 Å². The normalized spacial score (nSPS) is 17.2. The van der Waals surface area contributed by atoms with Crippen molar-refractivity contribution in [1.82, 2.24) is 4.31 Å². The zero-order valence-corrected chi connectivity index (χ0v) is 12.3. The molecule has 8 nitrogen and oxygen atoms in total. The molecular formula is C12H18N4O4S. The van der Waals surface area contributed by atoms with Gasteiger partial charge in [0.2, 0.25) is 10.0 Å². The van der Waals surface area contributed by atoms with Crippen molar-refractivity contribution in [3.05, 3.63) is 28.3 Å². The Kier molecular flexibility index (Phi) is 4.76. The standard InChI is InChI=1S/C12H18N4O4S/c13-14-10-5-6-11(16(17)18)12(9-10)21(19,20)15-7-3-1-2-4-8-15/h5-6,9,14H,1-4,7-8,13H2. The second kappa shape index (κ2) is 6.37. The maximum atomic E-state index is 12.7. The van der Waals surface area contributed by atoms with Crippen molar-refractivity contribution in [2.75, 3.05) is 18.5 Å². The van der Waals surface area contributed by atoms with Crippen LogP contribution in [0.4, 0.5) is 11.4 Å². The lowest BCUT2D eigenvalue weighted by Crippen LogP contribution is -2.32. The van der Waals surface area contributed by atoms with Crippen molar-refractivity contribution in [2.24, 2.45) is 5.84 Å². The van der Waals surface area contributed by atoms with Gasteiger partial charge in [-0.05, 0) is 25.0 Å². The molecular weight excluding hydrogens is 296 g/mol. The molecule has 21 heavy (non-hydrogen) atoms. The first-order valence-corrected chi connectivity index (χ1v) is 8.16. The summed E-state index contributed by atoms with van der Waals surface area (Å²) in [6, 6.07) is 3.73. The summed E-state index contributed by atoms with van der Waals surface area (Å²) < 4.78 is 26.7. The van der Waals surface area contributed by atoms with Crippen LogP contribution in [-0.4, -0.2) is 30.7 Å². The molecule has 3 N–H and O–H groups in total. The number of rotatable bonds is 4. The predicted molar refractivity (Wildman–Crippen MR) is 78.1 cm³/mol. The number of nitro benzene ring substituents is 1. The molecule has 0 aliphatic carbocycles. The summed E-state index contributed by atoms with van der Waals surface area (Å²) in [4.78, 5) is 10.1. The van der Waals surface area contributed by atoms with E-state index in [2.05, 4.69) is 5.43 Å². The molecule has 0 radical (unpaired) electrons. The van der Waals surface area contributed by atoms with Crippen LogP contribution in [0.15, 0.2) is 23.1 Å². The summed E-state index contributed by atoms with van der Waals surface area (Å²) >= 11 is 0. The topological polar surface area (TPSA) is 119 Å². The minimum absolute atomic E-state index is 0.314. The molecule has 0 amide bonds. The van der Waals surface area contributed by atoms with E-state index >= 15 is 0 Å². The van der Waals surface area contributed by atoms with Gasteiger partial charge in [-0.1, -0.05) is 12.8 Å². The molecule has 1 aliphatic rings. The highest BCUT2D eigenvalue weighted by Crippen LogP contribution is 2.30. The molecule has 0 saturated carbocycles. The lowest BCUT2D eigenvalue weighted by atomic mass is 10.2. The summed E-state index contributed by atoms with van der Waals surface area (Å²) in [5.74, 6) is 5.26. The summed E-state index contributed by atoms with van der Waals surface area (Å²) in [5, 5.41) is 11.1. The van der Waals surface area contributed by atoms with Gasteiger partial charge in [-0.2, -0.15) is 4.31 Å². The third kappa shape index (κ3) is 3.31. The molecule has 0 spiro atoms. The average molecular weight is 314 g/mol. The van der Waals surface area contributed by atoms with Crippen LogP contribution in [0.3, 0.4) is 0 Å². The zero-order chi connectivity index (χ0) is 15.5. The number of nitrogens with two attached hydrogens (primary N) is 1. The Morgan fingerprint density at radius 2 is 1.81 bits per heavy atom. The minimum atomic E-state index is -3.90. The first-order chi connectivity index (χ1) is 9.96. The quantitative estimate of drug-likeness (QED) is 0.493. The van der Waals surface area contributed by atoms with Crippen LogP contribution < -0.4 is 11.3 Å². The molecule has 1 fully saturated rings. The monoisotopic (exact) mass is 314 g/mol. The van der Waals surface area contributed by atoms with Crippen LogP contribution in [0.1, 0.15) is 25.7 Å². The fourth-order valence-corrected chi connectivity index (χ4v) is 4.08. The third-order valence-electron chi connectivity index (χ3n) is 3.51. The summed E-state index contributed by atoms with van der Waals surface area (Å²) in [5.41, 5.74) is 2.20. The van der Waals surface area contributed by atoms with E-state index in [1.807, 2.05) is 0 Å². The molecule has 0 atom stereocenters. The van der Waals surface area contributed by atoms with Gasteiger partial charge in [-0.15, -0.1) is 0 Å². The van der Waals surface area contributed by atoms with E-state index < -0.39 is 20.6 Å². The zero-order valence-electron chi connectivity index (χ0n) is 11.5. The number of hydrogen-bond donors (Lipinski definition) is 2. The maximum absolute atomic E-state index is 12.7. The second-order valence-electron chi connectivity index (χ2n) is 4.90. The van der Waals surface area contributed by atoms with Crippen molar-refractivity contribution in [3.63, 3.8) is 0 Å². The van der Waals surface area contributed by atoms with E-state index in [4.69, 9.17) is 5.84 Å². The smallest absolute Gasteiger partial charge is 0.289 e. The Bertz CT molecular complexity index is 624. The minimum Gasteiger partial charge on any atom is -0.324 e. The van der Waals surface area contributed by atoms with E-state index in [1.54, 1.807) is 0 Å². The number of anilines is 1.